The van der Waals surface area contributed by atoms with Gasteiger partial charge in [-0.1, -0.05) is 6.07 Å². The average Bonchev–Trinajstić information content (AvgIpc) is 2.10. The Bertz CT molecular complexity index is 398. The third kappa shape index (κ3) is 2.62. The molecule has 0 unspecified atom stereocenters. The van der Waals surface area contributed by atoms with Crippen molar-refractivity contribution in [2.75, 3.05) is 0 Å². The normalized spacial score (nSPS) is 10.5. The average molecular weight is 282 g/mol. The van der Waals surface area contributed by atoms with Gasteiger partial charge in [0.25, 0.3) is 0 Å². The summed E-state index contributed by atoms with van der Waals surface area (Å²) in [6, 6.07) is 2.60. The molecule has 1 rings (SSSR count). The maximum absolute atomic E-state index is 11.9. The van der Waals surface area contributed by atoms with Gasteiger partial charge in [-0.2, -0.15) is 8.78 Å². The topological polar surface area (TPSA) is 52.4 Å². The van der Waals surface area contributed by atoms with E-state index >= 15 is 0 Å². The first-order valence-electron chi connectivity index (χ1n) is 3.81. The molecule has 0 spiro atoms. The Morgan fingerprint density at radius 2 is 2.13 bits per heavy atom. The molecule has 0 aromatic heterocycles. The molecule has 0 aliphatic heterocycles. The van der Waals surface area contributed by atoms with Gasteiger partial charge in [0, 0.05) is 0 Å². The predicted octanol–water partition coefficient (Wildman–Crippen LogP) is 3.27. The highest BCUT2D eigenvalue weighted by molar-refractivity contribution is 9.10. The van der Waals surface area contributed by atoms with E-state index in [-0.39, 0.29) is 4.47 Å². The summed E-state index contributed by atoms with van der Waals surface area (Å²) >= 11 is 2.95. The number of nitro benzene ring substituents is 1. The quantitative estimate of drug-likeness (QED) is 0.631. The van der Waals surface area contributed by atoms with Crippen molar-refractivity contribution in [3.63, 3.8) is 0 Å². The number of rotatable bonds is 3. The lowest BCUT2D eigenvalue weighted by Gasteiger charge is -2.07. The van der Waals surface area contributed by atoms with Crippen LogP contribution in [-0.4, -0.2) is 11.5 Å². The number of ether oxygens (including phenoxy) is 1. The highest BCUT2D eigenvalue weighted by Crippen LogP contribution is 2.37. The Hall–Kier alpha value is -1.24. The summed E-state index contributed by atoms with van der Waals surface area (Å²) in [5.41, 5.74) is 0.0821. The van der Waals surface area contributed by atoms with E-state index in [9.17, 15) is 18.9 Å². The fraction of sp³-hybridized carbons (Fsp3) is 0.250. The molecule has 7 heteroatoms. The molecule has 4 nitrogen and oxygen atoms in total. The van der Waals surface area contributed by atoms with E-state index in [4.69, 9.17) is 0 Å². The van der Waals surface area contributed by atoms with Crippen LogP contribution in [0.4, 0.5) is 14.5 Å². The summed E-state index contributed by atoms with van der Waals surface area (Å²) < 4.78 is 28.1. The van der Waals surface area contributed by atoms with Gasteiger partial charge >= 0.3 is 12.3 Å². The smallest absolute Gasteiger partial charge is 0.387 e. The van der Waals surface area contributed by atoms with Crippen LogP contribution in [0.1, 0.15) is 5.56 Å². The van der Waals surface area contributed by atoms with Gasteiger partial charge in [0.15, 0.2) is 0 Å². The second kappa shape index (κ2) is 4.52. The number of nitrogens with zero attached hydrogens (tertiary/aromatic N) is 1. The van der Waals surface area contributed by atoms with Crippen LogP contribution >= 0.6 is 15.9 Å². The highest BCUT2D eigenvalue weighted by Gasteiger charge is 2.23. The fourth-order valence-electron chi connectivity index (χ4n) is 1.01. The summed E-state index contributed by atoms with van der Waals surface area (Å²) in [7, 11) is 0. The number of hydrogen-bond donors (Lipinski definition) is 0. The zero-order valence-electron chi connectivity index (χ0n) is 7.54. The van der Waals surface area contributed by atoms with Crippen LogP contribution in [0.2, 0.25) is 0 Å². The predicted molar refractivity (Wildman–Crippen MR) is 52.2 cm³/mol. The molecule has 0 atom stereocenters. The SMILES string of the molecule is Cc1ccc(OC(F)F)c([N+](=O)[O-])c1Br. The van der Waals surface area contributed by atoms with Gasteiger partial charge in [0.2, 0.25) is 5.75 Å². The fourth-order valence-corrected chi connectivity index (χ4v) is 1.48. The van der Waals surface area contributed by atoms with E-state index in [2.05, 4.69) is 20.7 Å². The van der Waals surface area contributed by atoms with Crippen molar-refractivity contribution in [2.45, 2.75) is 13.5 Å². The summed E-state index contributed by atoms with van der Waals surface area (Å²) in [6.07, 6.45) is 0. The number of aryl methyl sites for hydroxylation is 1. The van der Waals surface area contributed by atoms with Crippen molar-refractivity contribution in [1.29, 1.82) is 0 Å². The molecular formula is C8H6BrF2NO3. The Labute approximate surface area is 92.1 Å². The largest absolute Gasteiger partial charge is 0.427 e. The molecule has 0 N–H and O–H groups in total. The van der Waals surface area contributed by atoms with E-state index in [0.717, 1.165) is 6.07 Å². The van der Waals surface area contributed by atoms with Crippen LogP contribution in [0.15, 0.2) is 16.6 Å². The maximum Gasteiger partial charge on any atom is 0.387 e. The lowest BCUT2D eigenvalue weighted by molar-refractivity contribution is -0.387. The van der Waals surface area contributed by atoms with Crippen molar-refractivity contribution in [3.05, 3.63) is 32.3 Å². The lowest BCUT2D eigenvalue weighted by atomic mass is 10.2. The third-order valence-corrected chi connectivity index (χ3v) is 2.67. The minimum absolute atomic E-state index is 0.144. The molecule has 1 aromatic rings. The summed E-state index contributed by atoms with van der Waals surface area (Å²) in [6.45, 7) is -1.47. The van der Waals surface area contributed by atoms with Crippen LogP contribution in [0.5, 0.6) is 5.75 Å². The van der Waals surface area contributed by atoms with Crippen molar-refractivity contribution in [3.8, 4) is 5.75 Å². The number of benzene rings is 1. The zero-order chi connectivity index (χ0) is 11.6. The van der Waals surface area contributed by atoms with E-state index < -0.39 is 23.0 Å². The molecule has 0 radical (unpaired) electrons. The van der Waals surface area contributed by atoms with Gasteiger partial charge in [0.05, 0.1) is 4.92 Å². The molecule has 0 aliphatic carbocycles. The molecule has 0 heterocycles. The molecular weight excluding hydrogens is 276 g/mol. The Balaban J connectivity index is 3.27. The first-order valence-corrected chi connectivity index (χ1v) is 4.61. The van der Waals surface area contributed by atoms with Gasteiger partial charge in [-0.3, -0.25) is 10.1 Å². The van der Waals surface area contributed by atoms with E-state index in [1.54, 1.807) is 6.92 Å². The minimum atomic E-state index is -3.08. The molecule has 15 heavy (non-hydrogen) atoms. The number of halogens is 3. The molecule has 0 bridgehead atoms. The molecule has 82 valence electrons. The Kier molecular flexibility index (Phi) is 3.57. The van der Waals surface area contributed by atoms with Crippen LogP contribution in [0.3, 0.4) is 0 Å². The second-order valence-electron chi connectivity index (χ2n) is 2.68. The van der Waals surface area contributed by atoms with Crippen LogP contribution in [0.25, 0.3) is 0 Å². The highest BCUT2D eigenvalue weighted by atomic mass is 79.9. The van der Waals surface area contributed by atoms with Gasteiger partial charge in [-0.25, -0.2) is 0 Å². The first kappa shape index (κ1) is 11.8. The molecule has 0 amide bonds. The number of alkyl halides is 2. The van der Waals surface area contributed by atoms with Crippen molar-refractivity contribution in [1.82, 2.24) is 0 Å². The van der Waals surface area contributed by atoms with Crippen molar-refractivity contribution < 1.29 is 18.4 Å². The van der Waals surface area contributed by atoms with Gasteiger partial charge in [-0.05, 0) is 34.5 Å². The van der Waals surface area contributed by atoms with Crippen LogP contribution < -0.4 is 4.74 Å². The Morgan fingerprint density at radius 1 is 1.53 bits per heavy atom. The lowest BCUT2D eigenvalue weighted by Crippen LogP contribution is -2.05. The van der Waals surface area contributed by atoms with E-state index in [1.807, 2.05) is 0 Å². The van der Waals surface area contributed by atoms with Crippen molar-refractivity contribution in [2.24, 2.45) is 0 Å². The Morgan fingerprint density at radius 3 is 2.60 bits per heavy atom. The summed E-state index contributed by atoms with van der Waals surface area (Å²) in [5, 5.41) is 10.6. The first-order chi connectivity index (χ1) is 6.93. The number of hydrogen-bond acceptors (Lipinski definition) is 3. The number of nitro groups is 1. The summed E-state index contributed by atoms with van der Waals surface area (Å²) in [5.74, 6) is -0.451. The van der Waals surface area contributed by atoms with Gasteiger partial charge in [0.1, 0.15) is 4.47 Å². The minimum Gasteiger partial charge on any atom is -0.427 e. The maximum atomic E-state index is 11.9. The third-order valence-electron chi connectivity index (χ3n) is 1.67. The van der Waals surface area contributed by atoms with E-state index in [1.165, 1.54) is 6.07 Å². The van der Waals surface area contributed by atoms with Crippen molar-refractivity contribution >= 4 is 21.6 Å². The standard InChI is InChI=1S/C8H6BrF2NO3/c1-4-2-3-5(15-8(10)11)7(6(4)9)12(13)14/h2-3,8H,1H3. The van der Waals surface area contributed by atoms with Crippen LogP contribution in [-0.2, 0) is 0 Å². The monoisotopic (exact) mass is 281 g/mol. The van der Waals surface area contributed by atoms with Crippen LogP contribution in [0, 0.1) is 17.0 Å². The van der Waals surface area contributed by atoms with Gasteiger partial charge < -0.3 is 4.74 Å². The summed E-state index contributed by atoms with van der Waals surface area (Å²) in [4.78, 5) is 9.86. The molecule has 0 fully saturated rings. The van der Waals surface area contributed by atoms with Gasteiger partial charge in [-0.15, -0.1) is 0 Å². The molecule has 0 aliphatic rings. The molecule has 1 aromatic carbocycles. The second-order valence-corrected chi connectivity index (χ2v) is 3.47. The molecule has 0 saturated heterocycles. The van der Waals surface area contributed by atoms with E-state index in [0.29, 0.717) is 5.56 Å². The zero-order valence-corrected chi connectivity index (χ0v) is 9.12. The molecule has 0 saturated carbocycles.